The first kappa shape index (κ1) is 33.4. The number of hydrogen-bond acceptors (Lipinski definition) is 7. The standard InChI is InChI=1S/C30H44N4O7/c1-17(2)15-22(32-28(39)24(18(3)4)34-29(40)41-30(5,6)7)27(38)31-21(16-19-11-9-8-10-12-19)25(36)20-13-14-23(35)33-26(20)37/h8-12,17-18,20-22,24H,13-16H2,1-7H3,(H,31,38)(H,32,39)(H,34,40)(H,33,35,37)/t20?,21-,22-,24-/m0/s1. The fraction of sp³-hybridized carbons (Fsp3) is 0.600. The number of hydrogen-bond donors (Lipinski definition) is 4. The van der Waals surface area contributed by atoms with E-state index < -0.39 is 65.1 Å². The third kappa shape index (κ3) is 11.0. The molecule has 0 radical (unpaired) electrons. The van der Waals surface area contributed by atoms with Crippen molar-refractivity contribution in [3.8, 4) is 0 Å². The number of amides is 5. The Morgan fingerprint density at radius 3 is 2.07 bits per heavy atom. The number of rotatable bonds is 12. The normalized spacial score (nSPS) is 17.7. The van der Waals surface area contributed by atoms with E-state index in [9.17, 15) is 28.8 Å². The molecular weight excluding hydrogens is 528 g/mol. The summed E-state index contributed by atoms with van der Waals surface area (Å²) >= 11 is 0. The van der Waals surface area contributed by atoms with Crippen molar-refractivity contribution in [2.45, 2.75) is 97.9 Å². The van der Waals surface area contributed by atoms with Crippen LogP contribution < -0.4 is 21.3 Å². The molecule has 11 nitrogen and oxygen atoms in total. The first-order valence-corrected chi connectivity index (χ1v) is 14.1. The van der Waals surface area contributed by atoms with Crippen molar-refractivity contribution in [2.24, 2.45) is 17.8 Å². The highest BCUT2D eigenvalue weighted by Crippen LogP contribution is 2.18. The maximum absolute atomic E-state index is 13.6. The Labute approximate surface area is 241 Å². The zero-order valence-corrected chi connectivity index (χ0v) is 25.0. The average Bonchev–Trinajstić information content (AvgIpc) is 2.85. The number of ketones is 1. The minimum absolute atomic E-state index is 0.000717. The highest BCUT2D eigenvalue weighted by atomic mass is 16.6. The lowest BCUT2D eigenvalue weighted by Crippen LogP contribution is -2.58. The van der Waals surface area contributed by atoms with Gasteiger partial charge in [0.05, 0.1) is 12.0 Å². The summed E-state index contributed by atoms with van der Waals surface area (Å²) in [6.45, 7) is 12.4. The smallest absolute Gasteiger partial charge is 0.408 e. The van der Waals surface area contributed by atoms with Crippen LogP contribution in [0.4, 0.5) is 4.79 Å². The fourth-order valence-corrected chi connectivity index (χ4v) is 4.49. The molecular formula is C30H44N4O7. The Kier molecular flexibility index (Phi) is 12.0. The minimum Gasteiger partial charge on any atom is -0.444 e. The Morgan fingerprint density at radius 1 is 0.927 bits per heavy atom. The lowest BCUT2D eigenvalue weighted by atomic mass is 9.87. The zero-order valence-electron chi connectivity index (χ0n) is 25.0. The van der Waals surface area contributed by atoms with Gasteiger partial charge in [0.15, 0.2) is 5.78 Å². The van der Waals surface area contributed by atoms with Crippen molar-refractivity contribution in [2.75, 3.05) is 0 Å². The summed E-state index contributed by atoms with van der Waals surface area (Å²) in [5, 5.41) is 10.3. The molecule has 5 amide bonds. The van der Waals surface area contributed by atoms with Crippen LogP contribution in [0.2, 0.25) is 0 Å². The van der Waals surface area contributed by atoms with Gasteiger partial charge in [0.25, 0.3) is 0 Å². The number of piperidine rings is 1. The molecule has 1 unspecified atom stereocenters. The predicted octanol–water partition coefficient (Wildman–Crippen LogP) is 2.42. The molecule has 0 spiro atoms. The van der Waals surface area contributed by atoms with Crippen LogP contribution in [0.1, 0.15) is 73.3 Å². The predicted molar refractivity (Wildman–Crippen MR) is 152 cm³/mol. The number of carbonyl (C=O) groups excluding carboxylic acids is 6. The number of imide groups is 1. The second-order valence-electron chi connectivity index (χ2n) is 12.2. The van der Waals surface area contributed by atoms with Crippen LogP contribution in [0.15, 0.2) is 30.3 Å². The first-order valence-electron chi connectivity index (χ1n) is 14.1. The molecule has 4 N–H and O–H groups in total. The van der Waals surface area contributed by atoms with E-state index in [-0.39, 0.29) is 37.5 Å². The number of carbonyl (C=O) groups is 6. The minimum atomic E-state index is -1.08. The monoisotopic (exact) mass is 572 g/mol. The Morgan fingerprint density at radius 2 is 1.54 bits per heavy atom. The fourth-order valence-electron chi connectivity index (χ4n) is 4.49. The topological polar surface area (TPSA) is 160 Å². The number of ether oxygens (including phenoxy) is 1. The highest BCUT2D eigenvalue weighted by molar-refractivity contribution is 6.11. The van der Waals surface area contributed by atoms with Crippen LogP contribution in [0.5, 0.6) is 0 Å². The summed E-state index contributed by atoms with van der Waals surface area (Å²) in [7, 11) is 0. The van der Waals surface area contributed by atoms with Gasteiger partial charge in [-0.25, -0.2) is 4.79 Å². The third-order valence-electron chi connectivity index (χ3n) is 6.49. The zero-order chi connectivity index (χ0) is 30.9. The van der Waals surface area contributed by atoms with Crippen LogP contribution in [0.25, 0.3) is 0 Å². The number of alkyl carbamates (subject to hydrolysis) is 1. The molecule has 1 aromatic carbocycles. The largest absolute Gasteiger partial charge is 0.444 e. The van der Waals surface area contributed by atoms with Gasteiger partial charge in [-0.15, -0.1) is 0 Å². The summed E-state index contributed by atoms with van der Waals surface area (Å²) < 4.78 is 5.29. The Bertz CT molecular complexity index is 1110. The second-order valence-corrected chi connectivity index (χ2v) is 12.2. The number of Topliss-reactive ketones (excluding diaryl/α,β-unsaturated/α-hetero) is 1. The summed E-state index contributed by atoms with van der Waals surface area (Å²) in [6.07, 6.45) is -0.279. The molecule has 226 valence electrons. The van der Waals surface area contributed by atoms with E-state index in [2.05, 4.69) is 21.3 Å². The molecule has 1 saturated heterocycles. The average molecular weight is 573 g/mol. The van der Waals surface area contributed by atoms with Gasteiger partial charge in [-0.3, -0.25) is 29.3 Å². The third-order valence-corrected chi connectivity index (χ3v) is 6.49. The van der Waals surface area contributed by atoms with E-state index in [0.717, 1.165) is 5.56 Å². The molecule has 4 atom stereocenters. The van der Waals surface area contributed by atoms with Gasteiger partial charge in [-0.1, -0.05) is 58.0 Å². The lowest BCUT2D eigenvalue weighted by Gasteiger charge is -2.29. The van der Waals surface area contributed by atoms with Crippen LogP contribution in [0.3, 0.4) is 0 Å². The van der Waals surface area contributed by atoms with Crippen LogP contribution in [-0.4, -0.2) is 59.2 Å². The van der Waals surface area contributed by atoms with Crippen molar-refractivity contribution < 1.29 is 33.5 Å². The summed E-state index contributed by atoms with van der Waals surface area (Å²) in [4.78, 5) is 76.9. The van der Waals surface area contributed by atoms with E-state index in [1.165, 1.54) is 0 Å². The van der Waals surface area contributed by atoms with Gasteiger partial charge in [-0.05, 0) is 57.4 Å². The van der Waals surface area contributed by atoms with Gasteiger partial charge < -0.3 is 20.7 Å². The molecule has 0 aromatic heterocycles. The van der Waals surface area contributed by atoms with Gasteiger partial charge in [0.1, 0.15) is 17.7 Å². The molecule has 1 aliphatic heterocycles. The van der Waals surface area contributed by atoms with Gasteiger partial charge in [-0.2, -0.15) is 0 Å². The second kappa shape index (κ2) is 14.7. The van der Waals surface area contributed by atoms with Crippen molar-refractivity contribution in [1.82, 2.24) is 21.3 Å². The lowest BCUT2D eigenvalue weighted by molar-refractivity contribution is -0.142. The summed E-state index contributed by atoms with van der Waals surface area (Å²) in [5.74, 6) is -4.18. The Balaban J connectivity index is 2.26. The molecule has 0 bridgehead atoms. The van der Waals surface area contributed by atoms with E-state index in [1.807, 2.05) is 19.9 Å². The SMILES string of the molecule is CC(C)C[C@H](NC(=O)[C@@H](NC(=O)OC(C)(C)C)C(C)C)C(=O)N[C@@H](Cc1ccccc1)C(=O)C1CCC(=O)NC1=O. The van der Waals surface area contributed by atoms with Gasteiger partial charge in [0.2, 0.25) is 23.6 Å². The van der Waals surface area contributed by atoms with Crippen molar-refractivity contribution in [3.63, 3.8) is 0 Å². The Hall–Kier alpha value is -3.76. The van der Waals surface area contributed by atoms with E-state index in [0.29, 0.717) is 0 Å². The van der Waals surface area contributed by atoms with Crippen LogP contribution >= 0.6 is 0 Å². The van der Waals surface area contributed by atoms with Crippen molar-refractivity contribution in [1.29, 1.82) is 0 Å². The first-order chi connectivity index (χ1) is 19.1. The molecule has 1 heterocycles. The van der Waals surface area contributed by atoms with Crippen LogP contribution in [-0.2, 0) is 35.1 Å². The maximum atomic E-state index is 13.6. The molecule has 11 heteroatoms. The van der Waals surface area contributed by atoms with Gasteiger partial charge in [0, 0.05) is 6.42 Å². The molecule has 1 aliphatic rings. The number of nitrogens with one attached hydrogen (secondary N) is 4. The number of benzene rings is 1. The summed E-state index contributed by atoms with van der Waals surface area (Å²) in [6, 6.07) is 5.98. The van der Waals surface area contributed by atoms with Crippen molar-refractivity contribution in [3.05, 3.63) is 35.9 Å². The molecule has 0 aliphatic carbocycles. The van der Waals surface area contributed by atoms with E-state index in [4.69, 9.17) is 4.74 Å². The summed E-state index contributed by atoms with van der Waals surface area (Å²) in [5.41, 5.74) is 0.00894. The highest BCUT2D eigenvalue weighted by Gasteiger charge is 2.38. The van der Waals surface area contributed by atoms with E-state index >= 15 is 0 Å². The maximum Gasteiger partial charge on any atom is 0.408 e. The molecule has 1 aromatic rings. The quantitative estimate of drug-likeness (QED) is 0.221. The molecule has 0 saturated carbocycles. The molecule has 41 heavy (non-hydrogen) atoms. The van der Waals surface area contributed by atoms with Crippen molar-refractivity contribution >= 4 is 35.5 Å². The molecule has 2 rings (SSSR count). The van der Waals surface area contributed by atoms with Gasteiger partial charge >= 0.3 is 6.09 Å². The molecule has 1 fully saturated rings. The van der Waals surface area contributed by atoms with E-state index in [1.54, 1.807) is 58.9 Å². The van der Waals surface area contributed by atoms with Crippen LogP contribution in [0, 0.1) is 17.8 Å².